The first-order valence-corrected chi connectivity index (χ1v) is 8.04. The molecule has 20 heavy (non-hydrogen) atoms. The molecule has 0 spiro atoms. The summed E-state index contributed by atoms with van der Waals surface area (Å²) in [6.45, 7) is 4.01. The van der Waals surface area contributed by atoms with E-state index in [9.17, 15) is 0 Å². The molecule has 1 heterocycles. The Hall–Kier alpha value is -0.290. The zero-order valence-corrected chi connectivity index (χ0v) is 15.3. The van der Waals surface area contributed by atoms with Crippen molar-refractivity contribution in [3.05, 3.63) is 45.0 Å². The Bertz CT molecular complexity index is 542. The summed E-state index contributed by atoms with van der Waals surface area (Å²) in [6.07, 6.45) is 2.41. The van der Waals surface area contributed by atoms with Crippen LogP contribution in [0.25, 0.3) is 11.3 Å². The molecule has 110 valence electrons. The van der Waals surface area contributed by atoms with E-state index in [0.717, 1.165) is 39.1 Å². The lowest BCUT2D eigenvalue weighted by atomic mass is 10.2. The van der Waals surface area contributed by atoms with E-state index in [-0.39, 0.29) is 12.4 Å². The van der Waals surface area contributed by atoms with Crippen LogP contribution >= 0.6 is 44.3 Å². The zero-order chi connectivity index (χ0) is 13.7. The Morgan fingerprint density at radius 2 is 1.95 bits per heavy atom. The topological polar surface area (TPSA) is 25.2 Å². The van der Waals surface area contributed by atoms with E-state index in [1.54, 1.807) is 0 Å². The minimum Gasteiger partial charge on any atom is -0.460 e. The number of nitrogens with one attached hydrogen (secondary N) is 1. The van der Waals surface area contributed by atoms with Gasteiger partial charge in [0.25, 0.3) is 0 Å². The van der Waals surface area contributed by atoms with Gasteiger partial charge in [-0.2, -0.15) is 0 Å². The van der Waals surface area contributed by atoms with Gasteiger partial charge in [0.1, 0.15) is 11.5 Å². The van der Waals surface area contributed by atoms with Gasteiger partial charge >= 0.3 is 0 Å². The molecule has 0 aliphatic rings. The van der Waals surface area contributed by atoms with Crippen LogP contribution in [0.5, 0.6) is 0 Å². The molecule has 0 radical (unpaired) electrons. The highest BCUT2D eigenvalue weighted by Gasteiger charge is 2.08. The van der Waals surface area contributed by atoms with E-state index in [4.69, 9.17) is 4.42 Å². The molecule has 2 rings (SSSR count). The van der Waals surface area contributed by atoms with Crippen molar-refractivity contribution in [1.82, 2.24) is 5.32 Å². The smallest absolute Gasteiger partial charge is 0.135 e. The normalized spacial score (nSPS) is 10.3. The fraction of sp³-hybridized carbons (Fsp3) is 0.333. The molecule has 2 nitrogen and oxygen atoms in total. The Morgan fingerprint density at radius 1 is 1.15 bits per heavy atom. The summed E-state index contributed by atoms with van der Waals surface area (Å²) in [5, 5.41) is 3.38. The van der Waals surface area contributed by atoms with Gasteiger partial charge in [-0.05, 0) is 59.2 Å². The summed E-state index contributed by atoms with van der Waals surface area (Å²) >= 11 is 7.01. The Labute approximate surface area is 143 Å². The highest BCUT2D eigenvalue weighted by Crippen LogP contribution is 2.31. The van der Waals surface area contributed by atoms with Crippen LogP contribution < -0.4 is 5.32 Å². The van der Waals surface area contributed by atoms with Crippen LogP contribution in [0.15, 0.2) is 43.7 Å². The molecule has 1 N–H and O–H groups in total. The molecule has 0 aliphatic heterocycles. The maximum atomic E-state index is 5.86. The predicted octanol–water partition coefficient (Wildman–Crippen LogP) is 5.78. The molecule has 1 aromatic heterocycles. The number of unbranched alkanes of at least 4 members (excludes halogenated alkanes) is 1. The molecule has 0 fully saturated rings. The second-order valence-electron chi connectivity index (χ2n) is 4.42. The lowest BCUT2D eigenvalue weighted by Gasteiger charge is -2.03. The van der Waals surface area contributed by atoms with Crippen molar-refractivity contribution in [2.75, 3.05) is 6.54 Å². The monoisotopic (exact) mass is 421 g/mol. The first kappa shape index (κ1) is 17.8. The maximum absolute atomic E-state index is 5.86. The van der Waals surface area contributed by atoms with Crippen LogP contribution in [0.3, 0.4) is 0 Å². The van der Waals surface area contributed by atoms with Gasteiger partial charge in [0, 0.05) is 14.5 Å². The van der Waals surface area contributed by atoms with Crippen molar-refractivity contribution in [2.24, 2.45) is 0 Å². The fourth-order valence-electron chi connectivity index (χ4n) is 1.82. The van der Waals surface area contributed by atoms with E-state index in [0.29, 0.717) is 0 Å². The number of benzene rings is 1. The summed E-state index contributed by atoms with van der Waals surface area (Å²) in [6, 6.07) is 10.1. The van der Waals surface area contributed by atoms with Gasteiger partial charge in [0.05, 0.1) is 6.54 Å². The van der Waals surface area contributed by atoms with Gasteiger partial charge in [-0.1, -0.05) is 29.3 Å². The maximum Gasteiger partial charge on any atom is 0.135 e. The molecule has 0 saturated heterocycles. The number of hydrogen-bond donors (Lipinski definition) is 1. The highest BCUT2D eigenvalue weighted by molar-refractivity contribution is 9.11. The summed E-state index contributed by atoms with van der Waals surface area (Å²) in [5.41, 5.74) is 1.07. The Morgan fingerprint density at radius 3 is 2.65 bits per heavy atom. The molecular weight excluding hydrogens is 405 g/mol. The van der Waals surface area contributed by atoms with Crippen LogP contribution in [0.4, 0.5) is 0 Å². The first-order chi connectivity index (χ1) is 9.20. The van der Waals surface area contributed by atoms with Gasteiger partial charge in [-0.3, -0.25) is 0 Å². The SMILES string of the molecule is CCCCNCc1ccc(-c2ccc(Br)cc2Br)o1.Cl. The average Bonchev–Trinajstić information content (AvgIpc) is 2.83. The fourth-order valence-corrected chi connectivity index (χ4v) is 3.06. The molecule has 1 aromatic carbocycles. The van der Waals surface area contributed by atoms with Crippen molar-refractivity contribution in [2.45, 2.75) is 26.3 Å². The minimum atomic E-state index is 0. The van der Waals surface area contributed by atoms with Crippen LogP contribution in [-0.4, -0.2) is 6.54 Å². The number of rotatable bonds is 6. The van der Waals surface area contributed by atoms with Gasteiger partial charge < -0.3 is 9.73 Å². The molecule has 0 bridgehead atoms. The second-order valence-corrected chi connectivity index (χ2v) is 6.19. The summed E-state index contributed by atoms with van der Waals surface area (Å²) in [5.74, 6) is 1.87. The van der Waals surface area contributed by atoms with Crippen molar-refractivity contribution >= 4 is 44.3 Å². The summed E-state index contributed by atoms with van der Waals surface area (Å²) < 4.78 is 7.94. The largest absolute Gasteiger partial charge is 0.460 e. The minimum absolute atomic E-state index is 0. The lowest BCUT2D eigenvalue weighted by molar-refractivity contribution is 0.490. The molecule has 0 aliphatic carbocycles. The zero-order valence-electron chi connectivity index (χ0n) is 11.3. The van der Waals surface area contributed by atoms with Crippen LogP contribution in [-0.2, 0) is 6.54 Å². The molecule has 2 aromatic rings. The third-order valence-corrected chi connectivity index (χ3v) is 4.01. The van der Waals surface area contributed by atoms with Crippen molar-refractivity contribution in [3.63, 3.8) is 0 Å². The molecule has 0 unspecified atom stereocenters. The van der Waals surface area contributed by atoms with E-state index < -0.39 is 0 Å². The summed E-state index contributed by atoms with van der Waals surface area (Å²) in [4.78, 5) is 0. The third-order valence-electron chi connectivity index (χ3n) is 2.86. The van der Waals surface area contributed by atoms with Gasteiger partial charge in [-0.15, -0.1) is 12.4 Å². The van der Waals surface area contributed by atoms with Gasteiger partial charge in [-0.25, -0.2) is 0 Å². The van der Waals surface area contributed by atoms with Crippen LogP contribution in [0.2, 0.25) is 0 Å². The standard InChI is InChI=1S/C15H17Br2NO.ClH/c1-2-3-8-18-10-12-5-7-15(19-12)13-6-4-11(16)9-14(13)17;/h4-7,9,18H,2-3,8,10H2,1H3;1H. The van der Waals surface area contributed by atoms with Gasteiger partial charge in [0.2, 0.25) is 0 Å². The molecule has 5 heteroatoms. The van der Waals surface area contributed by atoms with E-state index in [1.807, 2.05) is 30.3 Å². The molecule has 0 atom stereocenters. The van der Waals surface area contributed by atoms with E-state index in [2.05, 4.69) is 44.1 Å². The third kappa shape index (κ3) is 4.92. The highest BCUT2D eigenvalue weighted by atomic mass is 79.9. The Balaban J connectivity index is 0.00000200. The quantitative estimate of drug-likeness (QED) is 0.596. The molecule has 0 saturated carbocycles. The average molecular weight is 424 g/mol. The van der Waals surface area contributed by atoms with Crippen LogP contribution in [0.1, 0.15) is 25.5 Å². The van der Waals surface area contributed by atoms with Crippen LogP contribution in [0, 0.1) is 0 Å². The molecular formula is C15H18Br2ClNO. The van der Waals surface area contributed by atoms with Crippen molar-refractivity contribution in [3.8, 4) is 11.3 Å². The predicted molar refractivity (Wildman–Crippen MR) is 93.4 cm³/mol. The van der Waals surface area contributed by atoms with Gasteiger partial charge in [0.15, 0.2) is 0 Å². The summed E-state index contributed by atoms with van der Waals surface area (Å²) in [7, 11) is 0. The number of halogens is 3. The van der Waals surface area contributed by atoms with Crippen molar-refractivity contribution in [1.29, 1.82) is 0 Å². The van der Waals surface area contributed by atoms with E-state index in [1.165, 1.54) is 12.8 Å². The molecule has 0 amide bonds. The number of hydrogen-bond acceptors (Lipinski definition) is 2. The lowest BCUT2D eigenvalue weighted by Crippen LogP contribution is -2.13. The second kappa shape index (κ2) is 8.88. The number of furan rings is 1. The van der Waals surface area contributed by atoms with Crippen molar-refractivity contribution < 1.29 is 4.42 Å². The Kier molecular flexibility index (Phi) is 7.88. The first-order valence-electron chi connectivity index (χ1n) is 6.45. The van der Waals surface area contributed by atoms with E-state index >= 15 is 0 Å².